The van der Waals surface area contributed by atoms with E-state index in [4.69, 9.17) is 10.5 Å². The predicted molar refractivity (Wildman–Crippen MR) is 63.9 cm³/mol. The summed E-state index contributed by atoms with van der Waals surface area (Å²) >= 11 is 0. The van der Waals surface area contributed by atoms with E-state index in [9.17, 15) is 0 Å². The Morgan fingerprint density at radius 2 is 2.07 bits per heavy atom. The molecule has 15 heavy (non-hydrogen) atoms. The van der Waals surface area contributed by atoms with E-state index in [0.717, 1.165) is 0 Å². The third-order valence-electron chi connectivity index (χ3n) is 3.01. The zero-order valence-electron chi connectivity index (χ0n) is 10.1. The molecule has 1 unspecified atom stereocenters. The molecule has 0 aliphatic rings. The minimum Gasteiger partial charge on any atom is -0.374 e. The Bertz CT molecular complexity index is 320. The molecule has 0 fully saturated rings. The molecule has 0 aliphatic heterocycles. The lowest BCUT2D eigenvalue weighted by atomic mass is 9.92. The first kappa shape index (κ1) is 12.2. The number of hydrogen-bond donors (Lipinski definition) is 1. The first-order chi connectivity index (χ1) is 7.01. The third kappa shape index (κ3) is 2.80. The maximum absolute atomic E-state index is 5.66. The van der Waals surface area contributed by atoms with Crippen LogP contribution >= 0.6 is 0 Å². The molecule has 0 spiro atoms. The van der Waals surface area contributed by atoms with Crippen LogP contribution in [0, 0.1) is 0 Å². The number of nitrogens with two attached hydrogens (primary N) is 1. The third-order valence-corrected chi connectivity index (χ3v) is 3.01. The van der Waals surface area contributed by atoms with Gasteiger partial charge in [0.15, 0.2) is 0 Å². The maximum Gasteiger partial charge on any atom is 0.0871 e. The molecule has 0 aromatic heterocycles. The summed E-state index contributed by atoms with van der Waals surface area (Å²) in [7, 11) is 1.74. The summed E-state index contributed by atoms with van der Waals surface area (Å²) in [6.07, 6.45) is 0. The van der Waals surface area contributed by atoms with Gasteiger partial charge in [0, 0.05) is 7.11 Å². The highest BCUT2D eigenvalue weighted by Gasteiger charge is 2.19. The van der Waals surface area contributed by atoms with E-state index in [1.807, 2.05) is 0 Å². The second-order valence-electron chi connectivity index (χ2n) is 4.48. The SMILES string of the molecule is COC(C)(C)c1cccc(C(C)CN)c1. The van der Waals surface area contributed by atoms with Crippen LogP contribution in [0.5, 0.6) is 0 Å². The van der Waals surface area contributed by atoms with Gasteiger partial charge >= 0.3 is 0 Å². The van der Waals surface area contributed by atoms with Gasteiger partial charge in [-0.3, -0.25) is 0 Å². The second-order valence-corrected chi connectivity index (χ2v) is 4.48. The van der Waals surface area contributed by atoms with E-state index >= 15 is 0 Å². The van der Waals surface area contributed by atoms with Crippen LogP contribution in [-0.4, -0.2) is 13.7 Å². The molecule has 2 heteroatoms. The summed E-state index contributed by atoms with van der Waals surface area (Å²) < 4.78 is 5.46. The Labute approximate surface area is 92.4 Å². The number of hydrogen-bond acceptors (Lipinski definition) is 2. The molecule has 2 N–H and O–H groups in total. The lowest BCUT2D eigenvalue weighted by Crippen LogP contribution is -2.20. The number of ether oxygens (including phenoxy) is 1. The van der Waals surface area contributed by atoms with Crippen LogP contribution in [0.1, 0.15) is 37.8 Å². The summed E-state index contributed by atoms with van der Waals surface area (Å²) in [4.78, 5) is 0. The first-order valence-electron chi connectivity index (χ1n) is 5.37. The summed E-state index contributed by atoms with van der Waals surface area (Å²) in [6.45, 7) is 6.95. The monoisotopic (exact) mass is 207 g/mol. The zero-order chi connectivity index (χ0) is 11.5. The van der Waals surface area contributed by atoms with Gasteiger partial charge in [0.2, 0.25) is 0 Å². The van der Waals surface area contributed by atoms with Gasteiger partial charge in [-0.1, -0.05) is 31.2 Å². The van der Waals surface area contributed by atoms with Crippen LogP contribution in [0.2, 0.25) is 0 Å². The number of methoxy groups -OCH3 is 1. The Hall–Kier alpha value is -0.860. The first-order valence-corrected chi connectivity index (χ1v) is 5.37. The van der Waals surface area contributed by atoms with Crippen molar-refractivity contribution >= 4 is 0 Å². The highest BCUT2D eigenvalue weighted by molar-refractivity contribution is 5.29. The topological polar surface area (TPSA) is 35.2 Å². The molecule has 0 radical (unpaired) electrons. The summed E-state index contributed by atoms with van der Waals surface area (Å²) in [5, 5.41) is 0. The van der Waals surface area contributed by atoms with E-state index < -0.39 is 0 Å². The molecule has 0 bridgehead atoms. The number of benzene rings is 1. The largest absolute Gasteiger partial charge is 0.374 e. The molecule has 0 heterocycles. The van der Waals surface area contributed by atoms with Crippen molar-refractivity contribution in [1.29, 1.82) is 0 Å². The van der Waals surface area contributed by atoms with Crippen LogP contribution < -0.4 is 5.73 Å². The highest BCUT2D eigenvalue weighted by Crippen LogP contribution is 2.26. The fourth-order valence-corrected chi connectivity index (χ4v) is 1.47. The minimum atomic E-state index is -0.232. The van der Waals surface area contributed by atoms with Crippen molar-refractivity contribution in [3.8, 4) is 0 Å². The van der Waals surface area contributed by atoms with Crippen molar-refractivity contribution in [2.45, 2.75) is 32.3 Å². The van der Waals surface area contributed by atoms with E-state index in [0.29, 0.717) is 12.5 Å². The van der Waals surface area contributed by atoms with Gasteiger partial charge in [-0.05, 0) is 37.4 Å². The van der Waals surface area contributed by atoms with Crippen LogP contribution in [0.4, 0.5) is 0 Å². The molecule has 1 aromatic rings. The lowest BCUT2D eigenvalue weighted by molar-refractivity contribution is 0.0191. The van der Waals surface area contributed by atoms with Crippen molar-refractivity contribution in [1.82, 2.24) is 0 Å². The van der Waals surface area contributed by atoms with Crippen molar-refractivity contribution in [2.24, 2.45) is 5.73 Å². The normalized spacial score (nSPS) is 13.9. The standard InChI is InChI=1S/C13H21NO/c1-10(9-14)11-6-5-7-12(8-11)13(2,3)15-4/h5-8,10H,9,14H2,1-4H3. The van der Waals surface area contributed by atoms with Gasteiger partial charge in [-0.2, -0.15) is 0 Å². The van der Waals surface area contributed by atoms with E-state index in [1.165, 1.54) is 11.1 Å². The van der Waals surface area contributed by atoms with Gasteiger partial charge in [-0.15, -0.1) is 0 Å². The van der Waals surface area contributed by atoms with Crippen molar-refractivity contribution in [3.63, 3.8) is 0 Å². The van der Waals surface area contributed by atoms with E-state index in [-0.39, 0.29) is 5.60 Å². The van der Waals surface area contributed by atoms with Gasteiger partial charge in [0.1, 0.15) is 0 Å². The molecule has 0 saturated heterocycles. The fourth-order valence-electron chi connectivity index (χ4n) is 1.47. The molecular weight excluding hydrogens is 186 g/mol. The van der Waals surface area contributed by atoms with Gasteiger partial charge < -0.3 is 10.5 Å². The molecule has 0 amide bonds. The van der Waals surface area contributed by atoms with Crippen LogP contribution in [0.15, 0.2) is 24.3 Å². The van der Waals surface area contributed by atoms with E-state index in [1.54, 1.807) is 7.11 Å². The van der Waals surface area contributed by atoms with Crippen molar-refractivity contribution in [2.75, 3.05) is 13.7 Å². The van der Waals surface area contributed by atoms with Crippen LogP contribution in [-0.2, 0) is 10.3 Å². The quantitative estimate of drug-likeness (QED) is 0.823. The summed E-state index contributed by atoms with van der Waals surface area (Å²) in [5.41, 5.74) is 7.91. The second kappa shape index (κ2) is 4.77. The molecular formula is C13H21NO. The van der Waals surface area contributed by atoms with Gasteiger partial charge in [-0.25, -0.2) is 0 Å². The Morgan fingerprint density at radius 1 is 1.40 bits per heavy atom. The smallest absolute Gasteiger partial charge is 0.0871 e. The van der Waals surface area contributed by atoms with Crippen molar-refractivity contribution in [3.05, 3.63) is 35.4 Å². The van der Waals surface area contributed by atoms with Gasteiger partial charge in [0.05, 0.1) is 5.60 Å². The average Bonchev–Trinajstić information content (AvgIpc) is 2.28. The van der Waals surface area contributed by atoms with Crippen LogP contribution in [0.3, 0.4) is 0 Å². The maximum atomic E-state index is 5.66. The van der Waals surface area contributed by atoms with Crippen molar-refractivity contribution < 1.29 is 4.74 Å². The van der Waals surface area contributed by atoms with Crippen LogP contribution in [0.25, 0.3) is 0 Å². The minimum absolute atomic E-state index is 0.232. The Balaban J connectivity index is 3.02. The fraction of sp³-hybridized carbons (Fsp3) is 0.538. The molecule has 0 saturated carbocycles. The Kier molecular flexibility index (Phi) is 3.89. The molecule has 2 nitrogen and oxygen atoms in total. The predicted octanol–water partition coefficient (Wildman–Crippen LogP) is 2.63. The lowest BCUT2D eigenvalue weighted by Gasteiger charge is -2.24. The average molecular weight is 207 g/mol. The number of rotatable bonds is 4. The van der Waals surface area contributed by atoms with Gasteiger partial charge in [0.25, 0.3) is 0 Å². The molecule has 0 aliphatic carbocycles. The summed E-state index contributed by atoms with van der Waals surface area (Å²) in [6, 6.07) is 8.46. The molecule has 1 aromatic carbocycles. The molecule has 1 atom stereocenters. The zero-order valence-corrected chi connectivity index (χ0v) is 10.1. The van der Waals surface area contributed by atoms with E-state index in [2.05, 4.69) is 45.0 Å². The highest BCUT2D eigenvalue weighted by atomic mass is 16.5. The Morgan fingerprint density at radius 3 is 2.60 bits per heavy atom. The summed E-state index contributed by atoms with van der Waals surface area (Å²) in [5.74, 6) is 0.401. The molecule has 84 valence electrons. The molecule has 1 rings (SSSR count).